The molecule has 0 aromatic carbocycles. The second-order valence-electron chi connectivity index (χ2n) is 7.29. The molecular weight excluding hydrogens is 370 g/mol. The lowest BCUT2D eigenvalue weighted by atomic mass is 9.93. The van der Waals surface area contributed by atoms with Crippen molar-refractivity contribution in [1.82, 2.24) is 29.8 Å². The first kappa shape index (κ1) is 19.0. The zero-order valence-corrected chi connectivity index (χ0v) is 16.7. The summed E-state index contributed by atoms with van der Waals surface area (Å²) in [5, 5.41) is 0. The van der Waals surface area contributed by atoms with Crippen molar-refractivity contribution in [1.29, 1.82) is 0 Å². The molecule has 1 fully saturated rings. The number of aryl methyl sites for hydroxylation is 1. The van der Waals surface area contributed by atoms with E-state index in [1.807, 2.05) is 30.0 Å². The number of carbonyl (C=O) groups excluding carboxylic acids is 1. The van der Waals surface area contributed by atoms with Crippen LogP contribution in [0.15, 0.2) is 35.5 Å². The lowest BCUT2D eigenvalue weighted by molar-refractivity contribution is 0.0679. The van der Waals surface area contributed by atoms with Crippen molar-refractivity contribution in [3.8, 4) is 11.5 Å². The highest BCUT2D eigenvalue weighted by Crippen LogP contribution is 2.30. The first-order valence-corrected chi connectivity index (χ1v) is 9.55. The van der Waals surface area contributed by atoms with Gasteiger partial charge >= 0.3 is 0 Å². The monoisotopic (exact) mass is 393 g/mol. The number of amides is 1. The lowest BCUT2D eigenvalue weighted by Gasteiger charge is -2.31. The van der Waals surface area contributed by atoms with Gasteiger partial charge in [-0.3, -0.25) is 9.78 Å². The number of hydrogen-bond acceptors (Lipinski definition) is 8. The number of carbonyl (C=O) groups is 1. The molecule has 1 aliphatic rings. The van der Waals surface area contributed by atoms with Crippen LogP contribution in [-0.4, -0.2) is 62.9 Å². The SMILES string of the molecule is Cc1ncoc1C(=O)N1CCC(c2cc(N(C)C)nc(-c3cnccn3)n2)CC1. The third-order valence-electron chi connectivity index (χ3n) is 5.12. The van der Waals surface area contributed by atoms with Crippen LogP contribution < -0.4 is 4.90 Å². The Morgan fingerprint density at radius 1 is 1.17 bits per heavy atom. The van der Waals surface area contributed by atoms with E-state index >= 15 is 0 Å². The maximum absolute atomic E-state index is 12.7. The molecule has 9 heteroatoms. The minimum atomic E-state index is -0.102. The second kappa shape index (κ2) is 7.94. The average molecular weight is 393 g/mol. The Labute approximate surface area is 168 Å². The summed E-state index contributed by atoms with van der Waals surface area (Å²) in [5.74, 6) is 1.86. The molecule has 0 radical (unpaired) electrons. The number of aromatic nitrogens is 5. The fourth-order valence-electron chi connectivity index (χ4n) is 3.45. The van der Waals surface area contributed by atoms with E-state index in [-0.39, 0.29) is 11.8 Å². The quantitative estimate of drug-likeness (QED) is 0.666. The summed E-state index contributed by atoms with van der Waals surface area (Å²) in [5.41, 5.74) is 2.23. The van der Waals surface area contributed by atoms with E-state index < -0.39 is 0 Å². The maximum atomic E-state index is 12.7. The molecule has 0 bridgehead atoms. The highest BCUT2D eigenvalue weighted by atomic mass is 16.3. The van der Waals surface area contributed by atoms with Gasteiger partial charge in [0.15, 0.2) is 12.2 Å². The van der Waals surface area contributed by atoms with Crippen LogP contribution >= 0.6 is 0 Å². The van der Waals surface area contributed by atoms with Crippen molar-refractivity contribution in [3.63, 3.8) is 0 Å². The largest absolute Gasteiger partial charge is 0.438 e. The number of rotatable bonds is 4. The molecule has 3 aromatic rings. The molecule has 0 atom stereocenters. The van der Waals surface area contributed by atoms with Crippen LogP contribution in [0.3, 0.4) is 0 Å². The molecule has 0 spiro atoms. The van der Waals surface area contributed by atoms with Crippen molar-refractivity contribution in [2.45, 2.75) is 25.7 Å². The summed E-state index contributed by atoms with van der Waals surface area (Å²) in [6, 6.07) is 2.02. The minimum absolute atomic E-state index is 0.102. The summed E-state index contributed by atoms with van der Waals surface area (Å²) in [6.45, 7) is 3.07. The number of anilines is 1. The van der Waals surface area contributed by atoms with Crippen molar-refractivity contribution in [3.05, 3.63) is 48.2 Å². The Bertz CT molecular complexity index is 995. The number of oxazole rings is 1. The van der Waals surface area contributed by atoms with Gasteiger partial charge in [-0.1, -0.05) is 0 Å². The molecule has 0 N–H and O–H groups in total. The van der Waals surface area contributed by atoms with E-state index in [0.29, 0.717) is 36.1 Å². The molecule has 0 unspecified atom stereocenters. The third kappa shape index (κ3) is 3.94. The Morgan fingerprint density at radius 2 is 1.97 bits per heavy atom. The van der Waals surface area contributed by atoms with Crippen molar-refractivity contribution < 1.29 is 9.21 Å². The van der Waals surface area contributed by atoms with Gasteiger partial charge in [-0.25, -0.2) is 19.9 Å². The van der Waals surface area contributed by atoms with Crippen LogP contribution in [0.2, 0.25) is 0 Å². The Kier molecular flexibility index (Phi) is 5.20. The van der Waals surface area contributed by atoms with Crippen LogP contribution in [0, 0.1) is 6.92 Å². The van der Waals surface area contributed by atoms with Gasteiger partial charge in [0.25, 0.3) is 5.91 Å². The number of likely N-dealkylation sites (tertiary alicyclic amines) is 1. The number of piperidine rings is 1. The van der Waals surface area contributed by atoms with Gasteiger partial charge in [0.2, 0.25) is 5.76 Å². The molecule has 0 saturated carbocycles. The van der Waals surface area contributed by atoms with E-state index in [1.165, 1.54) is 6.39 Å². The van der Waals surface area contributed by atoms with Crippen molar-refractivity contribution in [2.24, 2.45) is 0 Å². The Balaban J connectivity index is 1.54. The highest BCUT2D eigenvalue weighted by Gasteiger charge is 2.28. The summed E-state index contributed by atoms with van der Waals surface area (Å²) in [4.78, 5) is 38.3. The highest BCUT2D eigenvalue weighted by molar-refractivity contribution is 5.92. The van der Waals surface area contributed by atoms with Gasteiger partial charge in [0.05, 0.1) is 11.9 Å². The van der Waals surface area contributed by atoms with Crippen molar-refractivity contribution in [2.75, 3.05) is 32.1 Å². The molecule has 1 aliphatic heterocycles. The van der Waals surface area contributed by atoms with Crippen LogP contribution in [0.5, 0.6) is 0 Å². The van der Waals surface area contributed by atoms with E-state index in [0.717, 1.165) is 24.4 Å². The van der Waals surface area contributed by atoms with Crippen LogP contribution in [0.1, 0.15) is 40.7 Å². The van der Waals surface area contributed by atoms with Gasteiger partial charge in [0, 0.05) is 57.3 Å². The van der Waals surface area contributed by atoms with Gasteiger partial charge in [-0.05, 0) is 19.8 Å². The summed E-state index contributed by atoms with van der Waals surface area (Å²) in [6.07, 6.45) is 7.89. The zero-order valence-electron chi connectivity index (χ0n) is 16.7. The second-order valence-corrected chi connectivity index (χ2v) is 7.29. The zero-order chi connectivity index (χ0) is 20.4. The number of nitrogens with zero attached hydrogens (tertiary/aromatic N) is 7. The minimum Gasteiger partial charge on any atom is -0.438 e. The van der Waals surface area contributed by atoms with Gasteiger partial charge < -0.3 is 14.2 Å². The average Bonchev–Trinajstić information content (AvgIpc) is 3.19. The third-order valence-corrected chi connectivity index (χ3v) is 5.12. The first-order valence-electron chi connectivity index (χ1n) is 9.55. The summed E-state index contributed by atoms with van der Waals surface area (Å²) in [7, 11) is 3.90. The Hall–Kier alpha value is -3.36. The summed E-state index contributed by atoms with van der Waals surface area (Å²) >= 11 is 0. The van der Waals surface area contributed by atoms with E-state index in [4.69, 9.17) is 9.40 Å². The number of hydrogen-bond donors (Lipinski definition) is 0. The fraction of sp³-hybridized carbons (Fsp3) is 0.400. The standard InChI is InChI=1S/C20H23N7O2/c1-13-18(29-12-23-13)20(28)27-8-4-14(5-9-27)15-10-17(26(2)3)25-19(24-15)16-11-21-6-7-22-16/h6-7,10-12,14H,4-5,8-9H2,1-3H3. The van der Waals surface area contributed by atoms with Gasteiger partial charge in [0.1, 0.15) is 11.5 Å². The molecule has 4 rings (SSSR count). The lowest BCUT2D eigenvalue weighted by Crippen LogP contribution is -2.38. The summed E-state index contributed by atoms with van der Waals surface area (Å²) < 4.78 is 5.26. The van der Waals surface area contributed by atoms with Crippen LogP contribution in [0.25, 0.3) is 11.5 Å². The van der Waals surface area contributed by atoms with E-state index in [2.05, 4.69) is 19.9 Å². The smallest absolute Gasteiger partial charge is 0.291 e. The van der Waals surface area contributed by atoms with Crippen LogP contribution in [-0.2, 0) is 0 Å². The molecule has 4 heterocycles. The van der Waals surface area contributed by atoms with E-state index in [1.54, 1.807) is 25.5 Å². The first-order chi connectivity index (χ1) is 14.0. The molecule has 29 heavy (non-hydrogen) atoms. The Morgan fingerprint density at radius 3 is 2.59 bits per heavy atom. The molecular formula is C20H23N7O2. The topological polar surface area (TPSA) is 101 Å². The van der Waals surface area contributed by atoms with Gasteiger partial charge in [-0.15, -0.1) is 0 Å². The van der Waals surface area contributed by atoms with E-state index in [9.17, 15) is 4.79 Å². The van der Waals surface area contributed by atoms with Gasteiger partial charge in [-0.2, -0.15) is 0 Å². The maximum Gasteiger partial charge on any atom is 0.291 e. The predicted molar refractivity (Wildman–Crippen MR) is 107 cm³/mol. The normalized spacial score (nSPS) is 14.8. The molecule has 150 valence electrons. The van der Waals surface area contributed by atoms with Crippen LogP contribution in [0.4, 0.5) is 5.82 Å². The fourth-order valence-corrected chi connectivity index (χ4v) is 3.45. The van der Waals surface area contributed by atoms with Crippen molar-refractivity contribution >= 4 is 11.7 Å². The predicted octanol–water partition coefficient (Wildman–Crippen LogP) is 2.32. The molecule has 1 saturated heterocycles. The molecule has 1 amide bonds. The molecule has 0 aliphatic carbocycles. The molecule has 3 aromatic heterocycles. The molecule has 9 nitrogen and oxygen atoms in total.